The van der Waals surface area contributed by atoms with Gasteiger partial charge >= 0.3 is 0 Å². The molecule has 1 saturated carbocycles. The van der Waals surface area contributed by atoms with E-state index < -0.39 is 0 Å². The molecule has 2 aliphatic carbocycles. The molecule has 0 saturated heterocycles. The second-order valence-electron chi connectivity index (χ2n) is 5.66. The minimum Gasteiger partial charge on any atom is -0.354 e. The van der Waals surface area contributed by atoms with E-state index in [-0.39, 0.29) is 11.8 Å². The van der Waals surface area contributed by atoms with Crippen LogP contribution in [0.15, 0.2) is 28.8 Å². The monoisotopic (exact) mass is 279 g/mol. The molecule has 3 aliphatic rings. The van der Waals surface area contributed by atoms with Crippen LogP contribution < -0.4 is 10.6 Å². The van der Waals surface area contributed by atoms with E-state index in [4.69, 9.17) is 11.6 Å². The Hall–Kier alpha value is -0.800. The van der Waals surface area contributed by atoms with Crippen LogP contribution in [0.25, 0.3) is 0 Å². The average molecular weight is 280 g/mol. The summed E-state index contributed by atoms with van der Waals surface area (Å²) in [5.74, 6) is 1.68. The van der Waals surface area contributed by atoms with Crippen molar-refractivity contribution < 1.29 is 0 Å². The van der Waals surface area contributed by atoms with E-state index >= 15 is 0 Å². The molecule has 1 aliphatic heterocycles. The summed E-state index contributed by atoms with van der Waals surface area (Å²) < 4.78 is 0. The van der Waals surface area contributed by atoms with E-state index in [1.807, 2.05) is 0 Å². The number of hydrogen-bond donors (Lipinski definition) is 2. The molecule has 0 aromatic heterocycles. The van der Waals surface area contributed by atoms with E-state index in [9.17, 15) is 0 Å². The van der Waals surface area contributed by atoms with E-state index in [0.29, 0.717) is 5.92 Å². The molecule has 1 fully saturated rings. The lowest BCUT2D eigenvalue weighted by molar-refractivity contribution is 0.245. The number of hydrogen-bond acceptors (Lipinski definition) is 3. The van der Waals surface area contributed by atoms with Gasteiger partial charge in [0.1, 0.15) is 5.84 Å². The number of halogens is 1. The third-order valence-corrected chi connectivity index (χ3v) is 4.51. The minimum atomic E-state index is -0.296. The normalized spacial score (nSPS) is 32.5. The van der Waals surface area contributed by atoms with Crippen molar-refractivity contribution in [2.24, 2.45) is 10.9 Å². The van der Waals surface area contributed by atoms with Crippen LogP contribution in [-0.2, 0) is 0 Å². The molecule has 104 valence electrons. The summed E-state index contributed by atoms with van der Waals surface area (Å²) in [5.41, 5.74) is 0.991. The second-order valence-corrected chi connectivity index (χ2v) is 6.07. The summed E-state index contributed by atoms with van der Waals surface area (Å²) in [5, 5.41) is 6.95. The Morgan fingerprint density at radius 2 is 2.05 bits per heavy atom. The summed E-state index contributed by atoms with van der Waals surface area (Å²) in [6.07, 6.45) is 15.6. The van der Waals surface area contributed by atoms with Crippen LogP contribution in [-0.4, -0.2) is 17.6 Å². The van der Waals surface area contributed by atoms with Crippen LogP contribution in [0.4, 0.5) is 0 Å². The molecule has 3 nitrogen and oxygen atoms in total. The highest BCUT2D eigenvalue weighted by Crippen LogP contribution is 2.27. The van der Waals surface area contributed by atoms with Gasteiger partial charge in [-0.1, -0.05) is 49.1 Å². The van der Waals surface area contributed by atoms with Crippen molar-refractivity contribution in [2.75, 3.05) is 0 Å². The van der Waals surface area contributed by atoms with Gasteiger partial charge in [0.15, 0.2) is 5.62 Å². The summed E-state index contributed by atoms with van der Waals surface area (Å²) in [7, 11) is 0. The zero-order valence-electron chi connectivity index (χ0n) is 11.2. The second kappa shape index (κ2) is 6.10. The molecule has 1 heterocycles. The molecule has 4 heteroatoms. The number of alkyl halides is 1. The van der Waals surface area contributed by atoms with E-state index in [1.165, 1.54) is 37.7 Å². The van der Waals surface area contributed by atoms with E-state index in [0.717, 1.165) is 18.7 Å². The van der Waals surface area contributed by atoms with Gasteiger partial charge in [0.2, 0.25) is 0 Å². The molecule has 0 aromatic carbocycles. The molecule has 0 aromatic rings. The molecule has 0 bridgehead atoms. The number of nitrogens with one attached hydrogen (secondary N) is 2. The maximum atomic E-state index is 6.26. The van der Waals surface area contributed by atoms with Crippen molar-refractivity contribution in [3.8, 4) is 0 Å². The predicted octanol–water partition coefficient (Wildman–Crippen LogP) is 3.28. The highest BCUT2D eigenvalue weighted by Gasteiger charge is 2.29. The topological polar surface area (TPSA) is 36.4 Å². The minimum absolute atomic E-state index is 0.280. The van der Waals surface area contributed by atoms with Crippen molar-refractivity contribution in [2.45, 2.75) is 56.7 Å². The summed E-state index contributed by atoms with van der Waals surface area (Å²) in [6.45, 7) is 0. The number of allylic oxidation sites excluding steroid dienone is 3. The fourth-order valence-corrected chi connectivity index (χ4v) is 3.46. The zero-order chi connectivity index (χ0) is 13.1. The largest absolute Gasteiger partial charge is 0.354 e. The lowest BCUT2D eigenvalue weighted by Gasteiger charge is -2.37. The van der Waals surface area contributed by atoms with Crippen molar-refractivity contribution >= 4 is 17.4 Å². The van der Waals surface area contributed by atoms with Crippen LogP contribution in [0.1, 0.15) is 44.9 Å². The fraction of sp³-hybridized carbons (Fsp3) is 0.667. The standard InChI is InChI=1S/C15H22ClN3/c16-15-18-13(11-7-3-1-4-8-11)17-14(19-15)12-9-5-2-6-10-12/h1,3,7,12,14-15,19H,2,4-6,8-10H2,(H,17,18). The van der Waals surface area contributed by atoms with Crippen LogP contribution in [0, 0.1) is 5.92 Å². The van der Waals surface area contributed by atoms with Crippen molar-refractivity contribution in [1.82, 2.24) is 10.6 Å². The zero-order valence-corrected chi connectivity index (χ0v) is 12.0. The van der Waals surface area contributed by atoms with Crippen molar-refractivity contribution in [3.05, 3.63) is 23.8 Å². The Balaban J connectivity index is 1.71. The maximum absolute atomic E-state index is 6.26. The Bertz CT molecular complexity index is 408. The Morgan fingerprint density at radius 3 is 2.79 bits per heavy atom. The number of rotatable bonds is 2. The Labute approximate surface area is 120 Å². The maximum Gasteiger partial charge on any atom is 0.179 e. The molecule has 2 unspecified atom stereocenters. The van der Waals surface area contributed by atoms with Crippen LogP contribution in [0.3, 0.4) is 0 Å². The van der Waals surface area contributed by atoms with Gasteiger partial charge in [-0.2, -0.15) is 0 Å². The first kappa shape index (κ1) is 13.2. The number of amidine groups is 1. The average Bonchev–Trinajstić information content (AvgIpc) is 2.48. The van der Waals surface area contributed by atoms with Crippen LogP contribution in [0.5, 0.6) is 0 Å². The van der Waals surface area contributed by atoms with Gasteiger partial charge in [-0.15, -0.1) is 0 Å². The third-order valence-electron chi connectivity index (χ3n) is 4.29. The molecule has 0 amide bonds. The molecule has 2 atom stereocenters. The number of aliphatic imine (C=N–C) groups is 1. The first-order valence-electron chi connectivity index (χ1n) is 7.43. The Kier molecular flexibility index (Phi) is 4.24. The van der Waals surface area contributed by atoms with E-state index in [2.05, 4.69) is 33.9 Å². The lowest BCUT2D eigenvalue weighted by Crippen LogP contribution is -2.56. The third kappa shape index (κ3) is 3.21. The summed E-state index contributed by atoms with van der Waals surface area (Å²) in [6, 6.07) is 0. The lowest BCUT2D eigenvalue weighted by atomic mass is 9.86. The van der Waals surface area contributed by atoms with Gasteiger partial charge in [0.05, 0.1) is 6.17 Å². The summed E-state index contributed by atoms with van der Waals surface area (Å²) in [4.78, 5) is 4.51. The van der Waals surface area contributed by atoms with Gasteiger partial charge < -0.3 is 5.32 Å². The van der Waals surface area contributed by atoms with Gasteiger partial charge in [0.25, 0.3) is 0 Å². The molecular weight excluding hydrogens is 258 g/mol. The smallest absolute Gasteiger partial charge is 0.179 e. The summed E-state index contributed by atoms with van der Waals surface area (Å²) >= 11 is 6.26. The highest BCUT2D eigenvalue weighted by molar-refractivity contribution is 6.21. The van der Waals surface area contributed by atoms with Gasteiger partial charge in [0, 0.05) is 0 Å². The molecule has 0 radical (unpaired) electrons. The fourth-order valence-electron chi connectivity index (χ4n) is 3.22. The van der Waals surface area contributed by atoms with Crippen molar-refractivity contribution in [1.29, 1.82) is 0 Å². The van der Waals surface area contributed by atoms with Crippen molar-refractivity contribution in [3.63, 3.8) is 0 Å². The van der Waals surface area contributed by atoms with Crippen LogP contribution in [0.2, 0.25) is 0 Å². The van der Waals surface area contributed by atoms with Gasteiger partial charge in [-0.25, -0.2) is 4.99 Å². The molecule has 3 rings (SSSR count). The molecule has 0 spiro atoms. The first-order valence-corrected chi connectivity index (χ1v) is 7.87. The quantitative estimate of drug-likeness (QED) is 0.601. The highest BCUT2D eigenvalue weighted by atomic mass is 35.5. The predicted molar refractivity (Wildman–Crippen MR) is 80.2 cm³/mol. The van der Waals surface area contributed by atoms with E-state index in [1.54, 1.807) is 0 Å². The number of nitrogens with zero attached hydrogens (tertiary/aromatic N) is 1. The molecule has 19 heavy (non-hydrogen) atoms. The van der Waals surface area contributed by atoms with Gasteiger partial charge in [-0.05, 0) is 37.2 Å². The Morgan fingerprint density at radius 1 is 1.21 bits per heavy atom. The van der Waals surface area contributed by atoms with Gasteiger partial charge in [-0.3, -0.25) is 5.32 Å². The SMILES string of the molecule is ClC1N=C(C2=CC=CCC2)NC(C2CCCCC2)N1. The first-order chi connectivity index (χ1) is 9.33. The molecule has 2 N–H and O–H groups in total. The van der Waals surface area contributed by atoms with Crippen LogP contribution >= 0.6 is 11.6 Å². The molecular formula is C15H22ClN3.